The van der Waals surface area contributed by atoms with Gasteiger partial charge in [0, 0.05) is 19.0 Å². The predicted octanol–water partition coefficient (Wildman–Crippen LogP) is 3.87. The number of thiophene rings is 1. The van der Waals surface area contributed by atoms with E-state index in [1.165, 1.54) is 11.2 Å². The van der Waals surface area contributed by atoms with E-state index in [9.17, 15) is 18.0 Å². The second kappa shape index (κ2) is 8.38. The van der Waals surface area contributed by atoms with E-state index in [0.717, 1.165) is 28.2 Å². The van der Waals surface area contributed by atoms with Crippen molar-refractivity contribution in [2.45, 2.75) is 30.0 Å². The second-order valence-corrected chi connectivity index (χ2v) is 10.9. The van der Waals surface area contributed by atoms with Crippen LogP contribution in [0.1, 0.15) is 29.4 Å². The van der Waals surface area contributed by atoms with Crippen LogP contribution in [0.15, 0.2) is 52.1 Å². The van der Waals surface area contributed by atoms with Gasteiger partial charge >= 0.3 is 0 Å². The summed E-state index contributed by atoms with van der Waals surface area (Å²) in [5.74, 6) is -0.578. The van der Waals surface area contributed by atoms with Gasteiger partial charge in [-0.1, -0.05) is 47.7 Å². The van der Waals surface area contributed by atoms with Crippen molar-refractivity contribution in [3.05, 3.63) is 52.7 Å². The van der Waals surface area contributed by atoms with Gasteiger partial charge in [-0.15, -0.1) is 11.3 Å². The number of nitrogens with zero attached hydrogens (tertiary/aromatic N) is 2. The molecule has 1 fully saturated rings. The molecular weight excluding hydrogens is 442 g/mol. The van der Waals surface area contributed by atoms with Gasteiger partial charge in [0.05, 0.1) is 10.6 Å². The van der Waals surface area contributed by atoms with Crippen molar-refractivity contribution in [2.75, 3.05) is 11.9 Å². The lowest BCUT2D eigenvalue weighted by molar-refractivity contribution is -0.119. The van der Waals surface area contributed by atoms with E-state index in [1.54, 1.807) is 17.5 Å². The standard InChI is InChI=1S/C20H19N3O4S3/c1-13(24)18-17(14-7-3-2-4-8-14)21-20(29-18)22-19(25)15-9-5-11-23(15)30(26,27)16-10-6-12-28-16/h2-4,6-8,10,12,15H,5,9,11H2,1H3,(H,21,22,25). The lowest BCUT2D eigenvalue weighted by atomic mass is 10.1. The number of Topliss-reactive ketones (excluding diaryl/α,β-unsaturated/α-hetero) is 1. The lowest BCUT2D eigenvalue weighted by Crippen LogP contribution is -2.42. The number of nitrogens with one attached hydrogen (secondary N) is 1. The van der Waals surface area contributed by atoms with E-state index in [-0.39, 0.29) is 15.1 Å². The SMILES string of the molecule is CC(=O)c1sc(NC(=O)C2CCCN2S(=O)(=O)c2cccs2)nc1-c1ccccc1. The summed E-state index contributed by atoms with van der Waals surface area (Å²) < 4.78 is 27.3. The Morgan fingerprint density at radius 2 is 1.93 bits per heavy atom. The molecule has 1 N–H and O–H groups in total. The molecule has 1 saturated heterocycles. The van der Waals surface area contributed by atoms with Crippen LogP contribution in [-0.4, -0.2) is 42.0 Å². The van der Waals surface area contributed by atoms with Crippen LogP contribution in [0.3, 0.4) is 0 Å². The number of carbonyl (C=O) groups excluding carboxylic acids is 2. The molecular formula is C20H19N3O4S3. The molecule has 1 amide bonds. The van der Waals surface area contributed by atoms with E-state index in [2.05, 4.69) is 10.3 Å². The molecule has 1 atom stereocenters. The van der Waals surface area contributed by atoms with E-state index < -0.39 is 22.0 Å². The summed E-state index contributed by atoms with van der Waals surface area (Å²) in [6.07, 6.45) is 1.04. The number of carbonyl (C=O) groups is 2. The molecule has 3 heterocycles. The first-order valence-electron chi connectivity index (χ1n) is 9.31. The number of anilines is 1. The topological polar surface area (TPSA) is 96.4 Å². The Kier molecular flexibility index (Phi) is 5.83. The van der Waals surface area contributed by atoms with Crippen LogP contribution in [0.2, 0.25) is 0 Å². The van der Waals surface area contributed by atoms with Crippen LogP contribution < -0.4 is 5.32 Å². The van der Waals surface area contributed by atoms with Gasteiger partial charge in [-0.25, -0.2) is 13.4 Å². The molecule has 0 saturated carbocycles. The zero-order valence-electron chi connectivity index (χ0n) is 16.1. The van der Waals surface area contributed by atoms with E-state index >= 15 is 0 Å². The van der Waals surface area contributed by atoms with Gasteiger partial charge in [-0.05, 0) is 24.3 Å². The molecule has 0 radical (unpaired) electrons. The fourth-order valence-corrected chi connectivity index (χ4v) is 7.07. The maximum absolute atomic E-state index is 12.9. The molecule has 2 aromatic heterocycles. The first-order valence-corrected chi connectivity index (χ1v) is 12.4. The summed E-state index contributed by atoms with van der Waals surface area (Å²) in [5.41, 5.74) is 1.29. The average Bonchev–Trinajstić information content (AvgIpc) is 3.48. The minimum absolute atomic E-state index is 0.144. The number of aromatic nitrogens is 1. The number of rotatable bonds is 6. The molecule has 1 aromatic carbocycles. The number of hydrogen-bond acceptors (Lipinski definition) is 7. The van der Waals surface area contributed by atoms with Crippen LogP contribution >= 0.6 is 22.7 Å². The van der Waals surface area contributed by atoms with Crippen molar-refractivity contribution in [2.24, 2.45) is 0 Å². The van der Waals surface area contributed by atoms with Crippen molar-refractivity contribution >= 4 is 49.5 Å². The summed E-state index contributed by atoms with van der Waals surface area (Å²) in [5, 5.41) is 4.71. The summed E-state index contributed by atoms with van der Waals surface area (Å²) in [6.45, 7) is 1.75. The Bertz CT molecular complexity index is 1170. The van der Waals surface area contributed by atoms with Gasteiger partial charge < -0.3 is 5.32 Å². The fraction of sp³-hybridized carbons (Fsp3) is 0.250. The molecule has 0 aliphatic carbocycles. The molecule has 10 heteroatoms. The van der Waals surface area contributed by atoms with Crippen LogP contribution in [0.5, 0.6) is 0 Å². The Morgan fingerprint density at radius 3 is 2.60 bits per heavy atom. The largest absolute Gasteiger partial charge is 0.301 e. The van der Waals surface area contributed by atoms with Crippen LogP contribution in [0.4, 0.5) is 5.13 Å². The van der Waals surface area contributed by atoms with E-state index in [4.69, 9.17) is 0 Å². The first kappa shape index (κ1) is 20.9. The maximum atomic E-state index is 12.9. The third kappa shape index (κ3) is 3.95. The highest BCUT2D eigenvalue weighted by Gasteiger charge is 2.40. The highest BCUT2D eigenvalue weighted by atomic mass is 32.2. The van der Waals surface area contributed by atoms with Gasteiger partial charge in [0.15, 0.2) is 10.9 Å². The highest BCUT2D eigenvalue weighted by molar-refractivity contribution is 7.91. The van der Waals surface area contributed by atoms with Crippen LogP contribution in [0.25, 0.3) is 11.3 Å². The summed E-state index contributed by atoms with van der Waals surface area (Å²) in [6, 6.07) is 11.7. The Labute approximate surface area is 182 Å². The smallest absolute Gasteiger partial charge is 0.253 e. The molecule has 0 spiro atoms. The van der Waals surface area contributed by atoms with Gasteiger partial charge in [0.1, 0.15) is 10.3 Å². The minimum atomic E-state index is -3.72. The monoisotopic (exact) mass is 461 g/mol. The first-order chi connectivity index (χ1) is 14.4. The molecule has 30 heavy (non-hydrogen) atoms. The van der Waals surface area contributed by atoms with Gasteiger partial charge in [0.2, 0.25) is 5.91 Å². The second-order valence-electron chi connectivity index (χ2n) is 6.81. The molecule has 7 nitrogen and oxygen atoms in total. The number of thiazole rings is 1. The molecule has 156 valence electrons. The molecule has 1 aliphatic rings. The van der Waals surface area contributed by atoms with Gasteiger partial charge in [-0.3, -0.25) is 9.59 Å². The highest BCUT2D eigenvalue weighted by Crippen LogP contribution is 2.33. The van der Waals surface area contributed by atoms with E-state index in [0.29, 0.717) is 30.0 Å². The maximum Gasteiger partial charge on any atom is 0.253 e. The third-order valence-electron chi connectivity index (χ3n) is 4.79. The number of hydrogen-bond donors (Lipinski definition) is 1. The fourth-order valence-electron chi connectivity index (χ4n) is 3.41. The van der Waals surface area contributed by atoms with Crippen molar-refractivity contribution in [3.63, 3.8) is 0 Å². The van der Waals surface area contributed by atoms with Crippen molar-refractivity contribution in [1.82, 2.24) is 9.29 Å². The van der Waals surface area contributed by atoms with E-state index in [1.807, 2.05) is 30.3 Å². The zero-order chi connectivity index (χ0) is 21.3. The number of sulfonamides is 1. The summed E-state index contributed by atoms with van der Waals surface area (Å²) in [7, 11) is -3.72. The molecule has 0 bridgehead atoms. The molecule has 1 unspecified atom stereocenters. The molecule has 1 aliphatic heterocycles. The number of benzene rings is 1. The lowest BCUT2D eigenvalue weighted by Gasteiger charge is -2.22. The normalized spacial score (nSPS) is 17.2. The van der Waals surface area contributed by atoms with Crippen LogP contribution in [0, 0.1) is 0 Å². The zero-order valence-corrected chi connectivity index (χ0v) is 18.5. The molecule has 4 rings (SSSR count). The van der Waals surface area contributed by atoms with Crippen LogP contribution in [-0.2, 0) is 14.8 Å². The Morgan fingerprint density at radius 1 is 1.17 bits per heavy atom. The van der Waals surface area contributed by atoms with Crippen molar-refractivity contribution in [3.8, 4) is 11.3 Å². The minimum Gasteiger partial charge on any atom is -0.301 e. The summed E-state index contributed by atoms with van der Waals surface area (Å²) in [4.78, 5) is 29.9. The van der Waals surface area contributed by atoms with Crippen molar-refractivity contribution < 1.29 is 18.0 Å². The Balaban J connectivity index is 1.59. The molecule has 3 aromatic rings. The third-order valence-corrected chi connectivity index (χ3v) is 9.14. The van der Waals surface area contributed by atoms with Gasteiger partial charge in [0.25, 0.3) is 10.0 Å². The predicted molar refractivity (Wildman–Crippen MR) is 117 cm³/mol. The number of ketones is 1. The van der Waals surface area contributed by atoms with Crippen molar-refractivity contribution in [1.29, 1.82) is 0 Å². The Hall–Kier alpha value is -2.40. The quantitative estimate of drug-likeness (QED) is 0.562. The number of amides is 1. The van der Waals surface area contributed by atoms with Gasteiger partial charge in [-0.2, -0.15) is 4.31 Å². The summed E-state index contributed by atoms with van der Waals surface area (Å²) >= 11 is 2.23. The average molecular weight is 462 g/mol.